The summed E-state index contributed by atoms with van der Waals surface area (Å²) in [6.45, 7) is 2.22. The number of carbonyl (C=O) groups excluding carboxylic acids is 1. The van der Waals surface area contributed by atoms with E-state index in [0.717, 1.165) is 17.7 Å². The van der Waals surface area contributed by atoms with Gasteiger partial charge in [0.1, 0.15) is 5.75 Å². The highest BCUT2D eigenvalue weighted by molar-refractivity contribution is 5.75. The first-order valence-electron chi connectivity index (χ1n) is 5.33. The monoisotopic (exact) mass is 222 g/mol. The Morgan fingerprint density at radius 2 is 2.19 bits per heavy atom. The van der Waals surface area contributed by atoms with Crippen molar-refractivity contribution in [3.63, 3.8) is 0 Å². The van der Waals surface area contributed by atoms with Crippen molar-refractivity contribution in [2.45, 2.75) is 19.4 Å². The number of benzene rings is 1. The fourth-order valence-corrected chi connectivity index (χ4v) is 1.65. The Kier molecular flexibility index (Phi) is 4.79. The molecule has 0 saturated carbocycles. The van der Waals surface area contributed by atoms with Crippen molar-refractivity contribution < 1.29 is 9.53 Å². The average molecular weight is 222 g/mol. The molecule has 0 aliphatic heterocycles. The SMILES string of the molecule is CCC(NCC(N)=O)c1ccccc1OC. The molecule has 0 spiro atoms. The number of nitrogens with two attached hydrogens (primary N) is 1. The van der Waals surface area contributed by atoms with Crippen molar-refractivity contribution in [2.75, 3.05) is 13.7 Å². The van der Waals surface area contributed by atoms with E-state index in [0.29, 0.717) is 0 Å². The summed E-state index contributed by atoms with van der Waals surface area (Å²) in [6, 6.07) is 7.85. The van der Waals surface area contributed by atoms with Crippen molar-refractivity contribution in [1.29, 1.82) is 0 Å². The molecule has 3 N–H and O–H groups in total. The summed E-state index contributed by atoms with van der Waals surface area (Å²) in [6.07, 6.45) is 0.869. The van der Waals surface area contributed by atoms with Crippen molar-refractivity contribution in [3.05, 3.63) is 29.8 Å². The molecule has 0 aliphatic carbocycles. The van der Waals surface area contributed by atoms with Gasteiger partial charge in [0.25, 0.3) is 0 Å². The molecule has 4 heteroatoms. The van der Waals surface area contributed by atoms with Gasteiger partial charge in [-0.3, -0.25) is 4.79 Å². The van der Waals surface area contributed by atoms with E-state index in [1.54, 1.807) is 7.11 Å². The van der Waals surface area contributed by atoms with Gasteiger partial charge in [0, 0.05) is 11.6 Å². The minimum Gasteiger partial charge on any atom is -0.496 e. The van der Waals surface area contributed by atoms with Gasteiger partial charge < -0.3 is 15.8 Å². The Morgan fingerprint density at radius 3 is 2.75 bits per heavy atom. The Morgan fingerprint density at radius 1 is 1.50 bits per heavy atom. The van der Waals surface area contributed by atoms with Crippen molar-refractivity contribution in [3.8, 4) is 5.75 Å². The minimum absolute atomic E-state index is 0.0867. The highest BCUT2D eigenvalue weighted by Crippen LogP contribution is 2.26. The van der Waals surface area contributed by atoms with Crippen LogP contribution in [0.2, 0.25) is 0 Å². The van der Waals surface area contributed by atoms with Crippen LogP contribution in [0.3, 0.4) is 0 Å². The van der Waals surface area contributed by atoms with Crippen LogP contribution in [0.5, 0.6) is 5.75 Å². The van der Waals surface area contributed by atoms with Crippen LogP contribution in [0.15, 0.2) is 24.3 Å². The molecule has 1 aromatic rings. The predicted octanol–water partition coefficient (Wildman–Crippen LogP) is 1.22. The summed E-state index contributed by atoms with van der Waals surface area (Å²) in [7, 11) is 1.64. The quantitative estimate of drug-likeness (QED) is 0.760. The molecule has 16 heavy (non-hydrogen) atoms. The number of rotatable bonds is 6. The Hall–Kier alpha value is -1.55. The van der Waals surface area contributed by atoms with E-state index in [-0.39, 0.29) is 18.5 Å². The number of para-hydroxylation sites is 1. The Labute approximate surface area is 95.8 Å². The maximum atomic E-state index is 10.7. The maximum Gasteiger partial charge on any atom is 0.231 e. The van der Waals surface area contributed by atoms with Crippen molar-refractivity contribution in [2.24, 2.45) is 5.73 Å². The molecule has 1 unspecified atom stereocenters. The van der Waals surface area contributed by atoms with Gasteiger partial charge in [-0.1, -0.05) is 25.1 Å². The highest BCUT2D eigenvalue weighted by atomic mass is 16.5. The molecule has 0 saturated heterocycles. The number of amides is 1. The number of nitrogens with one attached hydrogen (secondary N) is 1. The van der Waals surface area contributed by atoms with Crippen molar-refractivity contribution in [1.82, 2.24) is 5.32 Å². The normalized spacial score (nSPS) is 12.1. The largest absolute Gasteiger partial charge is 0.496 e. The lowest BCUT2D eigenvalue weighted by Gasteiger charge is -2.19. The van der Waals surface area contributed by atoms with Crippen LogP contribution in [0, 0.1) is 0 Å². The first-order chi connectivity index (χ1) is 7.69. The zero-order valence-corrected chi connectivity index (χ0v) is 9.69. The van der Waals surface area contributed by atoms with E-state index >= 15 is 0 Å². The molecule has 1 rings (SSSR count). The molecule has 1 atom stereocenters. The first-order valence-corrected chi connectivity index (χ1v) is 5.33. The predicted molar refractivity (Wildman–Crippen MR) is 63.2 cm³/mol. The number of primary amides is 1. The molecule has 88 valence electrons. The molecular formula is C12H18N2O2. The van der Waals surface area contributed by atoms with Gasteiger partial charge >= 0.3 is 0 Å². The van der Waals surface area contributed by atoms with Gasteiger partial charge in [-0.05, 0) is 12.5 Å². The fraction of sp³-hybridized carbons (Fsp3) is 0.417. The van der Waals surface area contributed by atoms with Crippen LogP contribution >= 0.6 is 0 Å². The highest BCUT2D eigenvalue weighted by Gasteiger charge is 2.13. The number of carbonyl (C=O) groups is 1. The van der Waals surface area contributed by atoms with Crippen LogP contribution in [-0.4, -0.2) is 19.6 Å². The summed E-state index contributed by atoms with van der Waals surface area (Å²) in [5.74, 6) is 0.472. The lowest BCUT2D eigenvalue weighted by atomic mass is 10.0. The topological polar surface area (TPSA) is 64.3 Å². The van der Waals surface area contributed by atoms with E-state index in [9.17, 15) is 4.79 Å². The summed E-state index contributed by atoms with van der Waals surface area (Å²) in [5, 5.41) is 3.11. The number of hydrogen-bond acceptors (Lipinski definition) is 3. The zero-order valence-electron chi connectivity index (χ0n) is 9.69. The number of hydrogen-bond donors (Lipinski definition) is 2. The van der Waals surface area contributed by atoms with Crippen molar-refractivity contribution >= 4 is 5.91 Å². The van der Waals surface area contributed by atoms with E-state index in [2.05, 4.69) is 5.32 Å². The first kappa shape index (κ1) is 12.5. The second kappa shape index (κ2) is 6.12. The van der Waals surface area contributed by atoms with Gasteiger partial charge in [0.05, 0.1) is 13.7 Å². The number of methoxy groups -OCH3 is 1. The van der Waals surface area contributed by atoms with E-state index in [4.69, 9.17) is 10.5 Å². The Balaban J connectivity index is 2.81. The third-order valence-corrected chi connectivity index (χ3v) is 2.45. The standard InChI is InChI=1S/C12H18N2O2/c1-3-10(14-8-12(13)15)9-6-4-5-7-11(9)16-2/h4-7,10,14H,3,8H2,1-2H3,(H2,13,15). The van der Waals surface area contributed by atoms with Gasteiger partial charge in [-0.2, -0.15) is 0 Å². The average Bonchev–Trinajstić information content (AvgIpc) is 2.30. The molecule has 1 aromatic carbocycles. The van der Waals surface area contributed by atoms with Crippen LogP contribution in [0.4, 0.5) is 0 Å². The molecule has 0 heterocycles. The molecule has 0 aliphatic rings. The van der Waals surface area contributed by atoms with Crippen LogP contribution in [0.25, 0.3) is 0 Å². The van der Waals surface area contributed by atoms with E-state index in [1.165, 1.54) is 0 Å². The molecule has 4 nitrogen and oxygen atoms in total. The van der Waals surface area contributed by atoms with Gasteiger partial charge in [0.2, 0.25) is 5.91 Å². The summed E-state index contributed by atoms with van der Waals surface area (Å²) >= 11 is 0. The number of ether oxygens (including phenoxy) is 1. The fourth-order valence-electron chi connectivity index (χ4n) is 1.65. The minimum atomic E-state index is -0.353. The summed E-state index contributed by atoms with van der Waals surface area (Å²) < 4.78 is 5.28. The molecule has 0 radical (unpaired) electrons. The summed E-state index contributed by atoms with van der Waals surface area (Å²) in [4.78, 5) is 10.7. The van der Waals surface area contributed by atoms with Crippen LogP contribution in [0.1, 0.15) is 24.9 Å². The van der Waals surface area contributed by atoms with Crippen LogP contribution in [-0.2, 0) is 4.79 Å². The van der Waals surface area contributed by atoms with Gasteiger partial charge in [-0.25, -0.2) is 0 Å². The lowest BCUT2D eigenvalue weighted by molar-refractivity contribution is -0.117. The molecule has 0 bridgehead atoms. The molecular weight excluding hydrogens is 204 g/mol. The Bertz CT molecular complexity index is 353. The molecule has 0 fully saturated rings. The van der Waals surface area contributed by atoms with Gasteiger partial charge in [-0.15, -0.1) is 0 Å². The molecule has 1 amide bonds. The van der Waals surface area contributed by atoms with Crippen LogP contribution < -0.4 is 15.8 Å². The van der Waals surface area contributed by atoms with E-state index in [1.807, 2.05) is 31.2 Å². The second-order valence-corrected chi connectivity index (χ2v) is 3.55. The lowest BCUT2D eigenvalue weighted by Crippen LogP contribution is -2.31. The maximum absolute atomic E-state index is 10.7. The third kappa shape index (κ3) is 3.24. The third-order valence-electron chi connectivity index (χ3n) is 2.45. The second-order valence-electron chi connectivity index (χ2n) is 3.55. The zero-order chi connectivity index (χ0) is 12.0. The van der Waals surface area contributed by atoms with Gasteiger partial charge in [0.15, 0.2) is 0 Å². The smallest absolute Gasteiger partial charge is 0.231 e. The molecule has 0 aromatic heterocycles. The van der Waals surface area contributed by atoms with E-state index < -0.39 is 0 Å². The summed E-state index contributed by atoms with van der Waals surface area (Å²) in [5.41, 5.74) is 6.16.